The second-order valence-electron chi connectivity index (χ2n) is 30.9. The van der Waals surface area contributed by atoms with Gasteiger partial charge in [-0.2, -0.15) is 0 Å². The molecular weight excluding hydrogens is 1300 g/mol. The van der Waals surface area contributed by atoms with E-state index in [-0.39, 0.29) is 52.5 Å². The molecule has 4 aromatic heterocycles. The summed E-state index contributed by atoms with van der Waals surface area (Å²) >= 11 is 0. The van der Waals surface area contributed by atoms with E-state index in [0.717, 1.165) is 209 Å². The maximum atomic E-state index is 12.7. The molecule has 8 N–H and O–H groups in total. The zero-order valence-corrected chi connectivity index (χ0v) is 63.1. The van der Waals surface area contributed by atoms with Gasteiger partial charge >= 0.3 is 0 Å². The average molecular weight is 1410 g/mol. The van der Waals surface area contributed by atoms with Crippen LogP contribution in [0.5, 0.6) is 23.0 Å². The highest BCUT2D eigenvalue weighted by Gasteiger charge is 2.29. The van der Waals surface area contributed by atoms with E-state index in [9.17, 15) is 39.6 Å². The number of benzene rings is 4. The van der Waals surface area contributed by atoms with Crippen molar-refractivity contribution in [1.29, 1.82) is 0 Å². The molecule has 1 fully saturated rings. The van der Waals surface area contributed by atoms with Gasteiger partial charge in [-0.05, 0) is 227 Å². The summed E-state index contributed by atoms with van der Waals surface area (Å²) in [6.07, 6.45) is 17.3. The number of nitrogens with one attached hydrogen (secondary N) is 4. The van der Waals surface area contributed by atoms with Crippen molar-refractivity contribution in [3.05, 3.63) is 141 Å². The Labute approximate surface area is 613 Å². The summed E-state index contributed by atoms with van der Waals surface area (Å²) in [5.41, 5.74) is 19.0. The molecule has 4 aromatic carbocycles. The lowest BCUT2D eigenvalue weighted by molar-refractivity contribution is -0.119. The smallest absolute Gasteiger partial charge is 0.228 e. The van der Waals surface area contributed by atoms with Gasteiger partial charge in [0.25, 0.3) is 0 Å². The third kappa shape index (κ3) is 20.0. The number of phenolic OH excluding ortho intramolecular Hbond substituents is 4. The first-order valence-corrected chi connectivity index (χ1v) is 37.7. The van der Waals surface area contributed by atoms with Gasteiger partial charge in [0.05, 0.1) is 68.3 Å². The van der Waals surface area contributed by atoms with Crippen molar-refractivity contribution < 1.29 is 39.6 Å². The van der Waals surface area contributed by atoms with Gasteiger partial charge in [0, 0.05) is 47.9 Å². The van der Waals surface area contributed by atoms with Crippen LogP contribution in [0.1, 0.15) is 209 Å². The summed E-state index contributed by atoms with van der Waals surface area (Å²) in [6, 6.07) is 21.6. The maximum Gasteiger partial charge on any atom is 0.228 e. The first-order valence-electron chi connectivity index (χ1n) is 37.7. The van der Waals surface area contributed by atoms with Crippen molar-refractivity contribution >= 4 is 46.9 Å². The van der Waals surface area contributed by atoms with Crippen LogP contribution in [0.15, 0.2) is 72.8 Å². The minimum absolute atomic E-state index is 0.00659. The highest BCUT2D eigenvalue weighted by atomic mass is 16.3. The molecule has 20 heteroatoms. The molecule has 4 amide bonds. The van der Waals surface area contributed by atoms with Crippen LogP contribution in [0.4, 0.5) is 23.3 Å². The molecule has 104 heavy (non-hydrogen) atoms. The molecule has 13 rings (SSSR count). The Morgan fingerprint density at radius 1 is 0.394 bits per heavy atom. The zero-order chi connectivity index (χ0) is 74.6. The molecule has 20 nitrogen and oxygen atoms in total. The fourth-order valence-corrected chi connectivity index (χ4v) is 14.2. The summed E-state index contributed by atoms with van der Waals surface area (Å²) < 4.78 is 0. The number of carbonyl (C=O) groups is 4. The molecule has 550 valence electrons. The van der Waals surface area contributed by atoms with Crippen LogP contribution in [0, 0.1) is 41.4 Å². The van der Waals surface area contributed by atoms with Crippen molar-refractivity contribution in [1.82, 2.24) is 39.9 Å². The number of amides is 4. The molecule has 5 aliphatic rings. The van der Waals surface area contributed by atoms with Gasteiger partial charge in [0.15, 0.2) is 23.3 Å². The first kappa shape index (κ1) is 76.9. The largest absolute Gasteiger partial charge is 0.508 e. The van der Waals surface area contributed by atoms with Crippen LogP contribution in [-0.4, -0.2) is 83.9 Å². The molecule has 8 aromatic rings. The van der Waals surface area contributed by atoms with Crippen molar-refractivity contribution in [2.75, 3.05) is 21.3 Å². The van der Waals surface area contributed by atoms with Gasteiger partial charge in [0.2, 0.25) is 23.6 Å². The quantitative estimate of drug-likeness (QED) is 0.0396. The number of hydrogen-bond donors (Lipinski definition) is 8. The third-order valence-electron chi connectivity index (χ3n) is 19.4. The van der Waals surface area contributed by atoms with E-state index >= 15 is 0 Å². The second kappa shape index (κ2) is 34.7. The minimum Gasteiger partial charge on any atom is -0.508 e. The summed E-state index contributed by atoms with van der Waals surface area (Å²) in [4.78, 5) is 87.5. The number of carbonyl (C=O) groups excluding carboxylic acids is 4. The predicted molar refractivity (Wildman–Crippen MR) is 411 cm³/mol. The molecule has 0 aliphatic heterocycles. The number of nitrogens with zero attached hydrogens (tertiary/aromatic N) is 8. The van der Waals surface area contributed by atoms with Crippen molar-refractivity contribution in [2.45, 2.75) is 218 Å². The number of aromatic hydroxyl groups is 4. The number of rotatable bonds is 18. The van der Waals surface area contributed by atoms with E-state index < -0.39 is 0 Å². The SMILES string of the molecule is CC(=O)Nc1nc2c(nc1CC(C)C)-c1ccc(O)cc1CC2.CC(C)CC(=O)Nc1nc2c(nc1CC(C)C)-c1ccc(O)cc1CC2.CC(C)Cc1nc2c(nc1NC(=O)CC1CCCCC1)CCc1cc(O)ccc1-2.CCC(C)C(=O)Nc1nc2c(nc1CC(C)C)-c1ccc(O)cc1CC2. The van der Waals surface area contributed by atoms with Crippen LogP contribution >= 0.6 is 0 Å². The van der Waals surface area contributed by atoms with E-state index in [1.165, 1.54) is 26.2 Å². The summed E-state index contributed by atoms with van der Waals surface area (Å²) in [5, 5.41) is 50.8. The highest BCUT2D eigenvalue weighted by Crippen LogP contribution is 2.40. The van der Waals surface area contributed by atoms with E-state index in [4.69, 9.17) is 34.9 Å². The lowest BCUT2D eigenvalue weighted by Gasteiger charge is -2.23. The first-order chi connectivity index (χ1) is 49.6. The molecule has 0 radical (unpaired) electrons. The number of fused-ring (bicyclic) bond motifs is 12. The Kier molecular flexibility index (Phi) is 25.7. The van der Waals surface area contributed by atoms with E-state index in [0.29, 0.717) is 71.6 Å². The van der Waals surface area contributed by atoms with Crippen LogP contribution < -0.4 is 21.3 Å². The lowest BCUT2D eigenvalue weighted by atomic mass is 9.87. The highest BCUT2D eigenvalue weighted by molar-refractivity contribution is 5.93. The van der Waals surface area contributed by atoms with Gasteiger partial charge < -0.3 is 41.7 Å². The summed E-state index contributed by atoms with van der Waals surface area (Å²) in [5.74, 6) is 5.85. The molecule has 0 saturated heterocycles. The predicted octanol–water partition coefficient (Wildman–Crippen LogP) is 16.4. The Hall–Kier alpha value is -9.72. The molecule has 1 unspecified atom stereocenters. The second-order valence-corrected chi connectivity index (χ2v) is 30.9. The Morgan fingerprint density at radius 3 is 1.00 bits per heavy atom. The Morgan fingerprint density at radius 2 is 0.702 bits per heavy atom. The van der Waals surface area contributed by atoms with Gasteiger partial charge in [-0.1, -0.05) is 102 Å². The van der Waals surface area contributed by atoms with Crippen LogP contribution in [0.25, 0.3) is 45.0 Å². The maximum absolute atomic E-state index is 12.7. The van der Waals surface area contributed by atoms with Gasteiger partial charge in [0.1, 0.15) is 23.0 Å². The van der Waals surface area contributed by atoms with Gasteiger partial charge in [-0.25, -0.2) is 39.9 Å². The summed E-state index contributed by atoms with van der Waals surface area (Å²) in [7, 11) is 0. The van der Waals surface area contributed by atoms with Crippen LogP contribution in [-0.2, 0) is 96.2 Å². The fraction of sp³-hybridized carbons (Fsp3) is 0.476. The van der Waals surface area contributed by atoms with Crippen molar-refractivity contribution in [3.63, 3.8) is 0 Å². The molecule has 0 spiro atoms. The number of aryl methyl sites for hydroxylation is 8. The molecule has 5 aliphatic carbocycles. The normalized spacial score (nSPS) is 14.1. The minimum atomic E-state index is -0.134. The standard InChI is InChI=1S/C24H31N3O2.2C21H27N3O2.C18H21N3O2/c1-15(2)12-21-24(27-22(29)13-16-6-4-3-5-7-16)26-20-11-8-17-14-18(28)9-10-19(17)23(20)25-21;1-12(2)9-18-21(24-19(26)10-13(3)4)23-17-8-5-14-11-15(25)6-7-16(14)20(17)22-18;1-5-13(4)21(26)24-20-18(10-12(2)3)22-19-16-8-7-15(25)11-14(16)6-9-17(19)23-20;1-10(2)8-16-18(19-11(3)22)21-15-7-4-12-9-13(23)5-6-14(12)17(15)20-16/h9-10,14-16,28H,3-8,11-13H2,1-2H3,(H,26,27,29);6-7,11-13,25H,5,8-10H2,1-4H3,(H,23,24,26);7-8,11-13,25H,5-6,9-10H2,1-4H3,(H,23,24,26);5-6,9-10,23H,4,7-8H2,1-3H3,(H,19,21,22). The molecule has 1 atom stereocenters. The Balaban J connectivity index is 0.000000149. The average Bonchev–Trinajstić information content (AvgIpc) is 0.792. The zero-order valence-electron chi connectivity index (χ0n) is 63.1. The molecule has 1 saturated carbocycles. The van der Waals surface area contributed by atoms with E-state index in [2.05, 4.69) is 81.6 Å². The molecule has 0 bridgehead atoms. The van der Waals surface area contributed by atoms with Crippen LogP contribution in [0.3, 0.4) is 0 Å². The number of aromatic nitrogens is 8. The Bertz CT molecular complexity index is 4440. The van der Waals surface area contributed by atoms with E-state index in [1.54, 1.807) is 42.5 Å². The monoisotopic (exact) mass is 1410 g/mol. The topological polar surface area (TPSA) is 300 Å². The molecule has 4 heterocycles. The number of hydrogen-bond acceptors (Lipinski definition) is 16. The molecular formula is C84H106N12O8. The fourth-order valence-electron chi connectivity index (χ4n) is 14.2. The van der Waals surface area contributed by atoms with E-state index in [1.807, 2.05) is 58.0 Å². The van der Waals surface area contributed by atoms with Gasteiger partial charge in [-0.15, -0.1) is 0 Å². The van der Waals surface area contributed by atoms with Crippen LogP contribution in [0.2, 0.25) is 0 Å². The lowest BCUT2D eigenvalue weighted by Crippen LogP contribution is -2.23. The third-order valence-corrected chi connectivity index (χ3v) is 19.4. The van der Waals surface area contributed by atoms with Crippen molar-refractivity contribution in [3.8, 4) is 68.0 Å². The summed E-state index contributed by atoms with van der Waals surface area (Å²) in [6.45, 7) is 26.5. The van der Waals surface area contributed by atoms with Gasteiger partial charge in [-0.3, -0.25) is 19.2 Å². The number of anilines is 4. The van der Waals surface area contributed by atoms with Crippen molar-refractivity contribution in [2.24, 2.45) is 41.4 Å². The number of phenols is 4.